The second-order valence-corrected chi connectivity index (χ2v) is 17.7. The lowest BCUT2D eigenvalue weighted by Crippen LogP contribution is -2.00. The highest BCUT2D eigenvalue weighted by molar-refractivity contribution is 7.26. The Morgan fingerprint density at radius 2 is 0.937 bits per heavy atom. The number of nitrogens with zero attached hydrogens (tertiary/aromatic N) is 6. The van der Waals surface area contributed by atoms with Crippen LogP contribution in [0.1, 0.15) is 0 Å². The van der Waals surface area contributed by atoms with Gasteiger partial charge in [-0.15, -0.1) is 22.7 Å². The first kappa shape index (κ1) is 35.8. The summed E-state index contributed by atoms with van der Waals surface area (Å²) in [6, 6.07) is 67.8. The predicted octanol–water partition coefficient (Wildman–Crippen LogP) is 14.8. The largest absolute Gasteiger partial charge is 0.309 e. The number of hydrogen-bond donors (Lipinski definition) is 0. The fourth-order valence-electron chi connectivity index (χ4n) is 8.93. The number of para-hydroxylation sites is 2. The molecule has 0 spiro atoms. The van der Waals surface area contributed by atoms with Gasteiger partial charge in [0, 0.05) is 74.5 Å². The molecule has 0 bridgehead atoms. The molecule has 63 heavy (non-hydrogen) atoms. The molecule has 0 aliphatic heterocycles. The Morgan fingerprint density at radius 3 is 1.73 bits per heavy atom. The maximum Gasteiger partial charge on any atom is 0.164 e. The van der Waals surface area contributed by atoms with Gasteiger partial charge in [0.05, 0.1) is 26.9 Å². The lowest BCUT2D eigenvalue weighted by Gasteiger charge is -2.10. The molecule has 0 aliphatic rings. The molecule has 13 rings (SSSR count). The summed E-state index contributed by atoms with van der Waals surface area (Å²) < 4.78 is 6.91. The van der Waals surface area contributed by atoms with Gasteiger partial charge in [0.1, 0.15) is 0 Å². The smallest absolute Gasteiger partial charge is 0.164 e. The summed E-state index contributed by atoms with van der Waals surface area (Å²) in [5, 5.41) is 5.81. The average molecular weight is 841 g/mol. The molecule has 5 aromatic heterocycles. The maximum atomic E-state index is 5.33. The first-order valence-corrected chi connectivity index (χ1v) is 22.5. The van der Waals surface area contributed by atoms with Gasteiger partial charge in [0.2, 0.25) is 0 Å². The average Bonchev–Trinajstić information content (AvgIpc) is 4.03. The van der Waals surface area contributed by atoms with Crippen LogP contribution in [0.5, 0.6) is 0 Å². The van der Waals surface area contributed by atoms with Crippen molar-refractivity contribution in [1.29, 1.82) is 0 Å². The summed E-state index contributed by atoms with van der Waals surface area (Å²) in [6.07, 6.45) is 0. The summed E-state index contributed by atoms with van der Waals surface area (Å²) in [5.41, 5.74) is 10.2. The highest BCUT2D eigenvalue weighted by atomic mass is 32.1. The Labute approximate surface area is 369 Å². The summed E-state index contributed by atoms with van der Waals surface area (Å²) >= 11 is 3.51. The Hall–Kier alpha value is -7.91. The van der Waals surface area contributed by atoms with Crippen LogP contribution in [-0.4, -0.2) is 29.5 Å². The van der Waals surface area contributed by atoms with Crippen LogP contribution in [0.15, 0.2) is 194 Å². The molecule has 13 aromatic rings. The third kappa shape index (κ3) is 5.87. The van der Waals surface area contributed by atoms with Crippen LogP contribution in [-0.2, 0) is 0 Å². The van der Waals surface area contributed by atoms with Crippen molar-refractivity contribution in [3.05, 3.63) is 194 Å². The number of fused-ring (bicyclic) bond motifs is 9. The van der Waals surface area contributed by atoms with Gasteiger partial charge in [-0.2, -0.15) is 0 Å². The lowest BCUT2D eigenvalue weighted by molar-refractivity contribution is 1.07. The predicted molar refractivity (Wildman–Crippen MR) is 263 cm³/mol. The zero-order valence-corrected chi connectivity index (χ0v) is 35.1. The molecular weight excluding hydrogens is 809 g/mol. The first-order valence-electron chi connectivity index (χ1n) is 20.8. The number of benzene rings is 8. The Morgan fingerprint density at radius 1 is 0.333 bits per heavy atom. The Kier molecular flexibility index (Phi) is 8.15. The topological polar surface area (TPSA) is 69.4 Å². The van der Waals surface area contributed by atoms with Crippen molar-refractivity contribution in [2.45, 2.75) is 0 Å². The number of rotatable bonds is 6. The number of aromatic nitrogens is 6. The van der Waals surface area contributed by atoms with E-state index in [1.807, 2.05) is 24.3 Å². The van der Waals surface area contributed by atoms with E-state index in [0.29, 0.717) is 17.5 Å². The zero-order valence-electron chi connectivity index (χ0n) is 33.5. The SMILES string of the molecule is c1ccc(-c2nc(-c3ccc4c(c3)sc3c(-c5nc(-c6ccccc6)c6sc7ccccc7c6n5)cccc34)nc(-c3ccc4c(c3)c3ccccc3n4-c3ccccc3)n2)cc1. The van der Waals surface area contributed by atoms with Gasteiger partial charge < -0.3 is 4.57 Å². The second kappa shape index (κ2) is 14.3. The molecule has 0 N–H and O–H groups in total. The van der Waals surface area contributed by atoms with Crippen molar-refractivity contribution >= 4 is 85.0 Å². The van der Waals surface area contributed by atoms with Gasteiger partial charge in [-0.3, -0.25) is 0 Å². The maximum absolute atomic E-state index is 5.33. The van der Waals surface area contributed by atoms with Crippen molar-refractivity contribution in [1.82, 2.24) is 29.5 Å². The minimum atomic E-state index is 0.621. The molecule has 0 unspecified atom stereocenters. The van der Waals surface area contributed by atoms with E-state index in [2.05, 4.69) is 174 Å². The molecule has 6 nitrogen and oxygen atoms in total. The highest BCUT2D eigenvalue weighted by Gasteiger charge is 2.21. The van der Waals surface area contributed by atoms with Gasteiger partial charge >= 0.3 is 0 Å². The molecule has 8 heteroatoms. The van der Waals surface area contributed by atoms with Crippen LogP contribution in [0, 0.1) is 0 Å². The second-order valence-electron chi connectivity index (χ2n) is 15.6. The molecular formula is C55H32N6S2. The molecule has 5 heterocycles. The third-order valence-electron chi connectivity index (χ3n) is 11.9. The molecule has 294 valence electrons. The van der Waals surface area contributed by atoms with Crippen molar-refractivity contribution in [3.8, 4) is 62.5 Å². The van der Waals surface area contributed by atoms with E-state index in [-0.39, 0.29) is 0 Å². The van der Waals surface area contributed by atoms with E-state index in [9.17, 15) is 0 Å². The summed E-state index contributed by atoms with van der Waals surface area (Å²) in [5.74, 6) is 2.60. The molecule has 0 saturated heterocycles. The lowest BCUT2D eigenvalue weighted by atomic mass is 10.1. The first-order chi connectivity index (χ1) is 31.2. The quantitative estimate of drug-likeness (QED) is 0.167. The van der Waals surface area contributed by atoms with Crippen molar-refractivity contribution in [2.75, 3.05) is 0 Å². The standard InChI is InChI=1S/C55H32N6S2/c1-4-15-33(16-5-1)48-51-49(41-22-11-13-26-46(41)62-51)57-55(56-48)42-24-14-23-40-39-29-27-36(32-47(39)63-50(40)42)54-59-52(34-17-6-2-7-18-34)58-53(60-54)35-28-30-45-43(31-35)38-21-10-12-25-44(38)61(45)37-19-8-3-9-20-37/h1-32H. The van der Waals surface area contributed by atoms with E-state index < -0.39 is 0 Å². The van der Waals surface area contributed by atoms with Gasteiger partial charge in [0.15, 0.2) is 23.3 Å². The summed E-state index contributed by atoms with van der Waals surface area (Å²) in [7, 11) is 0. The Bertz CT molecular complexity index is 3910. The molecule has 0 radical (unpaired) electrons. The summed E-state index contributed by atoms with van der Waals surface area (Å²) in [4.78, 5) is 26.1. The molecule has 0 fully saturated rings. The third-order valence-corrected chi connectivity index (χ3v) is 14.2. The zero-order chi connectivity index (χ0) is 41.4. The van der Waals surface area contributed by atoms with E-state index >= 15 is 0 Å². The molecule has 0 saturated carbocycles. The van der Waals surface area contributed by atoms with E-state index in [1.165, 1.54) is 20.9 Å². The van der Waals surface area contributed by atoms with Crippen LogP contribution in [0.3, 0.4) is 0 Å². The van der Waals surface area contributed by atoms with Crippen molar-refractivity contribution in [3.63, 3.8) is 0 Å². The van der Waals surface area contributed by atoms with Crippen LogP contribution in [0.4, 0.5) is 0 Å². The minimum absolute atomic E-state index is 0.621. The molecule has 0 amide bonds. The molecule has 8 aromatic carbocycles. The van der Waals surface area contributed by atoms with E-state index in [1.54, 1.807) is 22.7 Å². The van der Waals surface area contributed by atoms with E-state index in [4.69, 9.17) is 24.9 Å². The minimum Gasteiger partial charge on any atom is -0.309 e. The highest BCUT2D eigenvalue weighted by Crippen LogP contribution is 2.44. The van der Waals surface area contributed by atoms with Gasteiger partial charge in [-0.25, -0.2) is 24.9 Å². The number of thiophene rings is 2. The van der Waals surface area contributed by atoms with Crippen molar-refractivity contribution < 1.29 is 0 Å². The fourth-order valence-corrected chi connectivity index (χ4v) is 11.3. The van der Waals surface area contributed by atoms with Crippen LogP contribution in [0.25, 0.3) is 125 Å². The van der Waals surface area contributed by atoms with Crippen molar-refractivity contribution in [2.24, 2.45) is 0 Å². The van der Waals surface area contributed by atoms with Gasteiger partial charge in [-0.1, -0.05) is 140 Å². The normalized spacial score (nSPS) is 11.8. The monoisotopic (exact) mass is 840 g/mol. The van der Waals surface area contributed by atoms with Crippen LogP contribution < -0.4 is 0 Å². The molecule has 0 atom stereocenters. The Balaban J connectivity index is 0.969. The van der Waals surface area contributed by atoms with E-state index in [0.717, 1.165) is 86.4 Å². The van der Waals surface area contributed by atoms with Crippen LogP contribution in [0.2, 0.25) is 0 Å². The number of hydrogen-bond acceptors (Lipinski definition) is 7. The molecule has 0 aliphatic carbocycles. The fraction of sp³-hybridized carbons (Fsp3) is 0. The van der Waals surface area contributed by atoms with Gasteiger partial charge in [-0.05, 0) is 54.6 Å². The summed E-state index contributed by atoms with van der Waals surface area (Å²) in [6.45, 7) is 0. The van der Waals surface area contributed by atoms with Crippen LogP contribution >= 0.6 is 22.7 Å². The van der Waals surface area contributed by atoms with Gasteiger partial charge in [0.25, 0.3) is 0 Å².